The first-order valence-corrected chi connectivity index (χ1v) is 13.4. The van der Waals surface area contributed by atoms with Gasteiger partial charge < -0.3 is 0 Å². The number of hydrogen-bond acceptors (Lipinski definition) is 0. The van der Waals surface area contributed by atoms with Gasteiger partial charge in [0.1, 0.15) is 0 Å². The Morgan fingerprint density at radius 1 is 0.917 bits per heavy atom. The zero-order valence-corrected chi connectivity index (χ0v) is 17.6. The van der Waals surface area contributed by atoms with Gasteiger partial charge in [-0.15, -0.1) is 0 Å². The summed E-state index contributed by atoms with van der Waals surface area (Å²) >= 11 is 4.32. The molecule has 2 aromatic carbocycles. The van der Waals surface area contributed by atoms with Crippen molar-refractivity contribution in [3.05, 3.63) is 71.8 Å². The maximum absolute atomic E-state index is 4.32. The number of allylic oxidation sites excluding steroid dienone is 2. The van der Waals surface area contributed by atoms with Crippen molar-refractivity contribution in [2.75, 3.05) is 6.16 Å². The predicted octanol–water partition coefficient (Wildman–Crippen LogP) is 6.22. The van der Waals surface area contributed by atoms with Crippen LogP contribution in [-0.4, -0.2) is 6.16 Å². The van der Waals surface area contributed by atoms with Gasteiger partial charge in [0.2, 0.25) is 0 Å². The van der Waals surface area contributed by atoms with E-state index < -0.39 is 5.96 Å². The number of halogens is 1. The average molecular weight is 403 g/mol. The van der Waals surface area contributed by atoms with E-state index in [0.717, 1.165) is 0 Å². The zero-order valence-electron chi connectivity index (χ0n) is 15.0. The van der Waals surface area contributed by atoms with Crippen molar-refractivity contribution in [3.8, 4) is 0 Å². The van der Waals surface area contributed by atoms with E-state index in [1.54, 1.807) is 11.1 Å². The molecule has 0 aromatic heterocycles. The second-order valence-electron chi connectivity index (χ2n) is 7.71. The summed E-state index contributed by atoms with van der Waals surface area (Å²) in [6.07, 6.45) is 5.07. The van der Waals surface area contributed by atoms with E-state index >= 15 is 0 Å². The van der Waals surface area contributed by atoms with E-state index in [4.69, 9.17) is 0 Å². The Kier molecular flexibility index (Phi) is 5.33. The van der Waals surface area contributed by atoms with E-state index in [9.17, 15) is 0 Å². The van der Waals surface area contributed by atoms with Crippen molar-refractivity contribution in [3.63, 3.8) is 0 Å². The molecule has 24 heavy (non-hydrogen) atoms. The van der Waals surface area contributed by atoms with Crippen molar-refractivity contribution in [2.24, 2.45) is 5.41 Å². The Balaban J connectivity index is 2.10. The first-order chi connectivity index (χ1) is 11.4. The number of benzene rings is 2. The predicted molar refractivity (Wildman–Crippen MR) is 115 cm³/mol. The molecular weight excluding hydrogens is 375 g/mol. The number of rotatable bonds is 4. The van der Waals surface area contributed by atoms with E-state index in [-0.39, 0.29) is 0 Å². The van der Waals surface area contributed by atoms with Crippen LogP contribution in [0.3, 0.4) is 0 Å². The molecule has 0 spiro atoms. The first-order valence-electron chi connectivity index (χ1n) is 8.92. The van der Waals surface area contributed by atoms with E-state index in [1.807, 2.05) is 0 Å². The number of hydrogen-bond donors (Lipinski definition) is 0. The second-order valence-corrected chi connectivity index (χ2v) is 14.9. The maximum atomic E-state index is 4.32. The van der Waals surface area contributed by atoms with Gasteiger partial charge in [0.25, 0.3) is 0 Å². The Morgan fingerprint density at radius 3 is 1.88 bits per heavy atom. The Hall–Kier alpha value is -0.910. The molecule has 0 unspecified atom stereocenters. The van der Waals surface area contributed by atoms with Gasteiger partial charge >= 0.3 is 155 Å². The molecule has 2 aromatic rings. The summed E-state index contributed by atoms with van der Waals surface area (Å²) in [4.78, 5) is 0. The molecule has 0 saturated heterocycles. The quantitative estimate of drug-likeness (QED) is 0.420. The molecule has 0 aliphatic heterocycles. The molecule has 0 N–H and O–H groups in total. The molecule has 0 atom stereocenters. The minimum absolute atomic E-state index is 0.317. The molecule has 0 bridgehead atoms. The molecule has 0 heterocycles. The van der Waals surface area contributed by atoms with Crippen molar-refractivity contribution in [2.45, 2.75) is 40.0 Å². The van der Waals surface area contributed by atoms with Gasteiger partial charge in [0.05, 0.1) is 0 Å². The topological polar surface area (TPSA) is 0 Å². The summed E-state index contributed by atoms with van der Waals surface area (Å²) in [6.45, 7) is 7.22. The summed E-state index contributed by atoms with van der Waals surface area (Å²) in [7, 11) is 0. The molecule has 0 fully saturated rings. The third-order valence-corrected chi connectivity index (χ3v) is 12.5. The Bertz CT molecular complexity index is 677. The monoisotopic (exact) mass is 402 g/mol. The zero-order chi connectivity index (χ0) is 17.2. The van der Waals surface area contributed by atoms with Gasteiger partial charge in [-0.25, -0.2) is 0 Å². The Labute approximate surface area is 155 Å². The van der Waals surface area contributed by atoms with Crippen LogP contribution in [0.15, 0.2) is 71.8 Å². The minimum atomic E-state index is -1.97. The molecule has 1 aliphatic rings. The van der Waals surface area contributed by atoms with Gasteiger partial charge in [-0.3, -0.25) is 0 Å². The van der Waals surface area contributed by atoms with Gasteiger partial charge in [-0.05, 0) is 0 Å². The molecule has 0 radical (unpaired) electrons. The summed E-state index contributed by atoms with van der Waals surface area (Å²) in [6, 6.07) is 22.2. The van der Waals surface area contributed by atoms with Gasteiger partial charge in [0, 0.05) is 0 Å². The normalized spacial score (nSPS) is 18.5. The van der Waals surface area contributed by atoms with Gasteiger partial charge in [0.15, 0.2) is 0 Å². The molecule has 128 valence electrons. The van der Waals surface area contributed by atoms with Crippen LogP contribution in [0.4, 0.5) is 0 Å². The molecule has 0 saturated carbocycles. The summed E-state index contributed by atoms with van der Waals surface area (Å²) in [5.74, 6) is -1.97. The van der Waals surface area contributed by atoms with Crippen LogP contribution in [0.25, 0.3) is 0 Å². The van der Waals surface area contributed by atoms with Crippen LogP contribution in [-0.2, 0) is 0 Å². The summed E-state index contributed by atoms with van der Waals surface area (Å²) in [5, 5.41) is 2.94. The summed E-state index contributed by atoms with van der Waals surface area (Å²) < 4.78 is 0. The molecule has 0 nitrogen and oxygen atoms in total. The van der Waals surface area contributed by atoms with Crippen molar-refractivity contribution in [1.82, 2.24) is 0 Å². The third kappa shape index (κ3) is 3.53. The van der Waals surface area contributed by atoms with E-state index in [2.05, 4.69) is 96.9 Å². The van der Waals surface area contributed by atoms with Crippen LogP contribution in [0.2, 0.25) is 0 Å². The van der Waals surface area contributed by atoms with Crippen LogP contribution in [0.5, 0.6) is 0 Å². The summed E-state index contributed by atoms with van der Waals surface area (Å²) in [5.41, 5.74) is 3.62. The van der Waals surface area contributed by atoms with Crippen LogP contribution < -0.4 is 10.6 Å². The SMILES string of the molecule is CC1=C(C[PH](Br)(c2ccccc2)c2ccccc2)C(C)(C)CCC1. The van der Waals surface area contributed by atoms with Crippen LogP contribution >= 0.6 is 21.5 Å². The van der Waals surface area contributed by atoms with Gasteiger partial charge in [-0.2, -0.15) is 0 Å². The molecule has 2 heteroatoms. The van der Waals surface area contributed by atoms with Crippen molar-refractivity contribution >= 4 is 32.1 Å². The first kappa shape index (κ1) is 17.9. The fourth-order valence-electron chi connectivity index (χ4n) is 4.08. The van der Waals surface area contributed by atoms with Gasteiger partial charge in [-0.1, -0.05) is 0 Å². The molecule has 0 amide bonds. The van der Waals surface area contributed by atoms with E-state index in [1.165, 1.54) is 36.0 Å². The van der Waals surface area contributed by atoms with Crippen molar-refractivity contribution < 1.29 is 0 Å². The molecule has 1 aliphatic carbocycles. The third-order valence-electron chi connectivity index (χ3n) is 5.57. The van der Waals surface area contributed by atoms with Crippen molar-refractivity contribution in [1.29, 1.82) is 0 Å². The second kappa shape index (κ2) is 7.14. The van der Waals surface area contributed by atoms with Crippen LogP contribution in [0.1, 0.15) is 40.0 Å². The van der Waals surface area contributed by atoms with E-state index in [0.29, 0.717) is 5.41 Å². The molecular formula is C22H28BrP. The average Bonchev–Trinajstić information content (AvgIpc) is 2.59. The standard InChI is InChI=1S/C22H28BrP/c1-18-11-10-16-22(2,3)21(18)17-24(23,19-12-6-4-7-13-19)20-14-8-5-9-15-20/h4-9,12-15,24H,10-11,16-17H2,1-3H3. The van der Waals surface area contributed by atoms with Crippen LogP contribution in [0, 0.1) is 5.41 Å². The fraction of sp³-hybridized carbons (Fsp3) is 0.364. The fourth-order valence-corrected chi connectivity index (χ4v) is 9.96. The Morgan fingerprint density at radius 2 is 1.42 bits per heavy atom. The molecule has 3 rings (SSSR count).